The molecule has 0 atom stereocenters. The molecule has 35 heavy (non-hydrogen) atoms. The first kappa shape index (κ1) is 24.6. The topological polar surface area (TPSA) is 75.0 Å². The van der Waals surface area contributed by atoms with Crippen molar-refractivity contribution in [3.63, 3.8) is 0 Å². The zero-order valence-corrected chi connectivity index (χ0v) is 20.6. The maximum absolute atomic E-state index is 13.1. The first-order valence-corrected chi connectivity index (χ1v) is 11.7. The minimum atomic E-state index is -0.406. The minimum absolute atomic E-state index is 0.0725. The second-order valence-corrected chi connectivity index (χ2v) is 8.59. The highest BCUT2D eigenvalue weighted by Gasteiger charge is 2.15. The van der Waals surface area contributed by atoms with Gasteiger partial charge in [0.15, 0.2) is 0 Å². The van der Waals surface area contributed by atoms with Gasteiger partial charge in [0, 0.05) is 6.07 Å². The van der Waals surface area contributed by atoms with Gasteiger partial charge in [-0.3, -0.25) is 4.79 Å². The van der Waals surface area contributed by atoms with E-state index in [9.17, 15) is 9.59 Å². The zero-order valence-electron chi connectivity index (χ0n) is 19.1. The van der Waals surface area contributed by atoms with Crippen molar-refractivity contribution in [2.45, 2.75) is 26.9 Å². The van der Waals surface area contributed by atoms with E-state index in [2.05, 4.69) is 0 Å². The van der Waals surface area contributed by atoms with Crippen LogP contribution < -0.4 is 14.9 Å². The summed E-state index contributed by atoms with van der Waals surface area (Å²) in [5.74, 6) is 0.912. The van der Waals surface area contributed by atoms with Crippen LogP contribution in [0.25, 0.3) is 11.0 Å². The zero-order chi connectivity index (χ0) is 24.9. The smallest absolute Gasteiger partial charge is 0.338 e. The van der Waals surface area contributed by atoms with Gasteiger partial charge < -0.3 is 18.6 Å². The molecule has 180 valence electrons. The highest BCUT2D eigenvalue weighted by atomic mass is 35.5. The van der Waals surface area contributed by atoms with Gasteiger partial charge in [0.25, 0.3) is 0 Å². The predicted molar refractivity (Wildman–Crippen MR) is 135 cm³/mol. The molecule has 4 aromatic rings. The summed E-state index contributed by atoms with van der Waals surface area (Å²) in [4.78, 5) is 25.0. The third-order valence-electron chi connectivity index (χ3n) is 5.12. The van der Waals surface area contributed by atoms with Crippen LogP contribution >= 0.6 is 23.2 Å². The Kier molecular flexibility index (Phi) is 7.63. The molecule has 0 bridgehead atoms. The molecule has 0 aliphatic rings. The number of esters is 1. The van der Waals surface area contributed by atoms with E-state index in [0.717, 1.165) is 12.0 Å². The molecule has 6 nitrogen and oxygen atoms in total. The van der Waals surface area contributed by atoms with Crippen molar-refractivity contribution >= 4 is 40.1 Å². The molecular formula is C27H22Cl2O6. The molecule has 0 amide bonds. The summed E-state index contributed by atoms with van der Waals surface area (Å²) in [6.45, 7) is 4.20. The molecule has 3 aromatic carbocycles. The normalized spacial score (nSPS) is 10.9. The van der Waals surface area contributed by atoms with Crippen LogP contribution in [0, 0.1) is 6.92 Å². The second kappa shape index (κ2) is 10.8. The third-order valence-corrected chi connectivity index (χ3v) is 5.86. The van der Waals surface area contributed by atoms with Crippen LogP contribution in [-0.4, -0.2) is 12.6 Å². The monoisotopic (exact) mass is 512 g/mol. The molecular weight excluding hydrogens is 491 g/mol. The Hall–Kier alpha value is -3.48. The van der Waals surface area contributed by atoms with Crippen LogP contribution in [0.4, 0.5) is 0 Å². The fourth-order valence-corrected chi connectivity index (χ4v) is 3.65. The molecule has 0 saturated carbocycles. The standard InChI is InChI=1S/C27H22Cl2O6/c1-3-12-32-27(31)18-5-7-19(8-6-18)35-26-16(2)34-24-14-20(9-10-21(24)25(26)30)33-15-17-4-11-22(28)23(29)13-17/h4-11,13-14H,3,12,15H2,1-2H3. The lowest BCUT2D eigenvalue weighted by Crippen LogP contribution is -2.08. The van der Waals surface area contributed by atoms with E-state index in [1.807, 2.05) is 13.0 Å². The maximum Gasteiger partial charge on any atom is 0.338 e. The van der Waals surface area contributed by atoms with Gasteiger partial charge in [0.1, 0.15) is 29.4 Å². The lowest BCUT2D eigenvalue weighted by molar-refractivity contribution is 0.0505. The van der Waals surface area contributed by atoms with Crippen molar-refractivity contribution in [1.82, 2.24) is 0 Å². The molecule has 0 aliphatic heterocycles. The number of hydrogen-bond donors (Lipinski definition) is 0. The number of benzene rings is 3. The van der Waals surface area contributed by atoms with Crippen molar-refractivity contribution in [2.24, 2.45) is 0 Å². The molecule has 1 aromatic heterocycles. The van der Waals surface area contributed by atoms with Gasteiger partial charge in [-0.15, -0.1) is 0 Å². The molecule has 1 heterocycles. The van der Waals surface area contributed by atoms with E-state index in [1.54, 1.807) is 61.5 Å². The Bertz CT molecular complexity index is 1430. The molecule has 0 unspecified atom stereocenters. The molecule has 0 aliphatic carbocycles. The Morgan fingerprint density at radius 3 is 2.40 bits per heavy atom. The highest BCUT2D eigenvalue weighted by molar-refractivity contribution is 6.42. The van der Waals surface area contributed by atoms with Crippen LogP contribution in [0.15, 0.2) is 69.9 Å². The molecule has 0 N–H and O–H groups in total. The molecule has 0 radical (unpaired) electrons. The Morgan fingerprint density at radius 2 is 1.69 bits per heavy atom. The van der Waals surface area contributed by atoms with Crippen LogP contribution in [0.2, 0.25) is 10.0 Å². The summed E-state index contributed by atoms with van der Waals surface area (Å²) in [6.07, 6.45) is 0.745. The average Bonchev–Trinajstić information content (AvgIpc) is 2.86. The number of ether oxygens (including phenoxy) is 3. The summed E-state index contributed by atoms with van der Waals surface area (Å²) in [7, 11) is 0. The van der Waals surface area contributed by atoms with Crippen molar-refractivity contribution in [3.05, 3.63) is 97.8 Å². The first-order chi connectivity index (χ1) is 16.9. The van der Waals surface area contributed by atoms with Gasteiger partial charge in [0.05, 0.1) is 27.6 Å². The lowest BCUT2D eigenvalue weighted by atomic mass is 10.2. The molecule has 0 fully saturated rings. The van der Waals surface area contributed by atoms with E-state index in [0.29, 0.717) is 50.4 Å². The Morgan fingerprint density at radius 1 is 0.943 bits per heavy atom. The van der Waals surface area contributed by atoms with Gasteiger partial charge in [-0.1, -0.05) is 36.2 Å². The fraction of sp³-hybridized carbons (Fsp3) is 0.185. The quantitative estimate of drug-likeness (QED) is 0.230. The van der Waals surface area contributed by atoms with Gasteiger partial charge in [-0.05, 0) is 67.4 Å². The number of aryl methyl sites for hydroxylation is 1. The van der Waals surface area contributed by atoms with E-state index < -0.39 is 5.97 Å². The number of halogens is 2. The van der Waals surface area contributed by atoms with Crippen molar-refractivity contribution in [3.8, 4) is 17.2 Å². The van der Waals surface area contributed by atoms with Crippen molar-refractivity contribution < 1.29 is 23.4 Å². The Labute approximate surface area is 211 Å². The van der Waals surface area contributed by atoms with Gasteiger partial charge in [0.2, 0.25) is 11.2 Å². The minimum Gasteiger partial charge on any atom is -0.489 e. The SMILES string of the molecule is CCCOC(=O)c1ccc(Oc2c(C)oc3cc(OCc4ccc(Cl)c(Cl)c4)ccc3c2=O)cc1. The number of hydrogen-bond acceptors (Lipinski definition) is 6. The second-order valence-electron chi connectivity index (χ2n) is 7.77. The lowest BCUT2D eigenvalue weighted by Gasteiger charge is -2.11. The van der Waals surface area contributed by atoms with Crippen LogP contribution in [0.1, 0.15) is 35.0 Å². The molecule has 4 rings (SSSR count). The molecule has 0 saturated heterocycles. The van der Waals surface area contributed by atoms with Crippen molar-refractivity contribution in [1.29, 1.82) is 0 Å². The van der Waals surface area contributed by atoms with Crippen LogP contribution in [0.5, 0.6) is 17.2 Å². The largest absolute Gasteiger partial charge is 0.489 e. The average molecular weight is 513 g/mol. The Balaban J connectivity index is 1.51. The van der Waals surface area contributed by atoms with E-state index >= 15 is 0 Å². The summed E-state index contributed by atoms with van der Waals surface area (Å²) in [6, 6.07) is 16.6. The molecule has 0 spiro atoms. The van der Waals surface area contributed by atoms with Crippen LogP contribution in [0.3, 0.4) is 0 Å². The summed E-state index contributed by atoms with van der Waals surface area (Å²) in [5, 5.41) is 1.28. The number of rotatable bonds is 8. The third kappa shape index (κ3) is 5.78. The first-order valence-electron chi connectivity index (χ1n) is 10.9. The summed E-state index contributed by atoms with van der Waals surface area (Å²) >= 11 is 12.0. The maximum atomic E-state index is 13.1. The number of carbonyl (C=O) groups is 1. The summed E-state index contributed by atoms with van der Waals surface area (Å²) in [5.41, 5.74) is 1.32. The number of carbonyl (C=O) groups excluding carboxylic acids is 1. The molecule has 8 heteroatoms. The highest BCUT2D eigenvalue weighted by Crippen LogP contribution is 2.28. The van der Waals surface area contributed by atoms with E-state index in [-0.39, 0.29) is 17.8 Å². The van der Waals surface area contributed by atoms with E-state index in [1.165, 1.54) is 0 Å². The van der Waals surface area contributed by atoms with Gasteiger partial charge in [-0.25, -0.2) is 4.79 Å². The van der Waals surface area contributed by atoms with E-state index in [4.69, 9.17) is 41.8 Å². The fourth-order valence-electron chi connectivity index (χ4n) is 3.33. The van der Waals surface area contributed by atoms with Crippen LogP contribution in [-0.2, 0) is 11.3 Å². The predicted octanol–water partition coefficient (Wildman–Crippen LogP) is 7.35. The summed E-state index contributed by atoms with van der Waals surface area (Å²) < 4.78 is 22.6. The van der Waals surface area contributed by atoms with Crippen molar-refractivity contribution in [2.75, 3.05) is 6.61 Å². The van der Waals surface area contributed by atoms with Gasteiger partial charge in [-0.2, -0.15) is 0 Å². The van der Waals surface area contributed by atoms with Gasteiger partial charge >= 0.3 is 5.97 Å². The number of fused-ring (bicyclic) bond motifs is 1.